The monoisotopic (exact) mass is 595 g/mol. The van der Waals surface area contributed by atoms with E-state index >= 15 is 0 Å². The third kappa shape index (κ3) is 5.26. The third-order valence-corrected chi connectivity index (χ3v) is 5.00. The maximum Gasteiger partial charge on any atom is 0.460 e. The zero-order chi connectivity index (χ0) is 30.3. The standard InChI is InChI=1S/C20H12F15N3O/c21-14(22,15(23,24)17(27,28)19(31,32)33)16(25,26)18(29,30)20(34,35)38-13(39)11-3-1-2-4-12(11)37-9-10-5-7-36-8-6-10/h1-8,37H,9H2,(H,38,39). The highest BCUT2D eigenvalue weighted by Gasteiger charge is 2.93. The van der Waals surface area contributed by atoms with Crippen molar-refractivity contribution in [1.82, 2.24) is 10.3 Å². The first-order valence-electron chi connectivity index (χ1n) is 9.83. The van der Waals surface area contributed by atoms with Gasteiger partial charge in [0.05, 0.1) is 5.56 Å². The lowest BCUT2D eigenvalue weighted by Crippen LogP contribution is -2.74. The van der Waals surface area contributed by atoms with Gasteiger partial charge in [0.15, 0.2) is 0 Å². The van der Waals surface area contributed by atoms with Gasteiger partial charge in [0.1, 0.15) is 0 Å². The van der Waals surface area contributed by atoms with Gasteiger partial charge in [-0.2, -0.15) is 65.9 Å². The second-order valence-electron chi connectivity index (χ2n) is 7.65. The van der Waals surface area contributed by atoms with Crippen molar-refractivity contribution in [3.63, 3.8) is 0 Å². The number of hydrogen-bond donors (Lipinski definition) is 2. The van der Waals surface area contributed by atoms with Crippen LogP contribution in [-0.2, 0) is 6.54 Å². The Morgan fingerprint density at radius 3 is 1.62 bits per heavy atom. The molecule has 2 rings (SSSR count). The number of alkyl halides is 15. The predicted octanol–water partition coefficient (Wildman–Crippen LogP) is 6.76. The van der Waals surface area contributed by atoms with E-state index in [-0.39, 0.29) is 11.9 Å². The average Bonchev–Trinajstić information content (AvgIpc) is 2.82. The number of carbonyl (C=O) groups is 1. The first-order valence-corrected chi connectivity index (χ1v) is 9.83. The van der Waals surface area contributed by atoms with E-state index in [1.165, 1.54) is 24.5 Å². The molecule has 2 N–H and O–H groups in total. The van der Waals surface area contributed by atoms with Crippen molar-refractivity contribution in [2.75, 3.05) is 5.32 Å². The molecule has 1 aromatic heterocycles. The molecule has 1 heterocycles. The van der Waals surface area contributed by atoms with Gasteiger partial charge in [0.2, 0.25) is 0 Å². The first-order chi connectivity index (χ1) is 17.5. The maximum absolute atomic E-state index is 14.1. The van der Waals surface area contributed by atoms with Crippen LogP contribution in [0.2, 0.25) is 0 Å². The second kappa shape index (κ2) is 9.96. The maximum atomic E-state index is 14.1. The summed E-state index contributed by atoms with van der Waals surface area (Å²) in [7, 11) is 0. The van der Waals surface area contributed by atoms with Crippen molar-refractivity contribution in [2.45, 2.75) is 48.4 Å². The van der Waals surface area contributed by atoms with Gasteiger partial charge in [-0.05, 0) is 29.8 Å². The van der Waals surface area contributed by atoms with E-state index in [4.69, 9.17) is 0 Å². The Morgan fingerprint density at radius 2 is 1.10 bits per heavy atom. The molecule has 2 aromatic rings. The van der Waals surface area contributed by atoms with Gasteiger partial charge in [-0.25, -0.2) is 0 Å². The van der Waals surface area contributed by atoms with Gasteiger partial charge < -0.3 is 5.32 Å². The molecular weight excluding hydrogens is 583 g/mol. The Balaban J connectivity index is 2.40. The number of rotatable bonds is 10. The largest absolute Gasteiger partial charge is 0.460 e. The van der Waals surface area contributed by atoms with E-state index < -0.39 is 59.0 Å². The molecule has 0 spiro atoms. The molecule has 0 radical (unpaired) electrons. The molecule has 0 aliphatic rings. The lowest BCUT2D eigenvalue weighted by molar-refractivity contribution is -0.453. The smallest absolute Gasteiger partial charge is 0.380 e. The summed E-state index contributed by atoms with van der Waals surface area (Å²) >= 11 is 0. The quantitative estimate of drug-likeness (QED) is 0.236. The molecule has 39 heavy (non-hydrogen) atoms. The van der Waals surface area contributed by atoms with Crippen LogP contribution >= 0.6 is 0 Å². The van der Waals surface area contributed by atoms with Gasteiger partial charge in [-0.15, -0.1) is 0 Å². The zero-order valence-corrected chi connectivity index (χ0v) is 18.4. The Morgan fingerprint density at radius 1 is 0.641 bits per heavy atom. The molecule has 0 bridgehead atoms. The molecule has 0 saturated carbocycles. The summed E-state index contributed by atoms with van der Waals surface area (Å²) in [6.45, 7) is -0.174. The summed E-state index contributed by atoms with van der Waals surface area (Å²) in [5.41, 5.74) is -0.985. The fourth-order valence-corrected chi connectivity index (χ4v) is 2.79. The van der Waals surface area contributed by atoms with Gasteiger partial charge in [-0.1, -0.05) is 12.1 Å². The molecule has 0 fully saturated rings. The fourth-order valence-electron chi connectivity index (χ4n) is 2.79. The zero-order valence-electron chi connectivity index (χ0n) is 18.4. The molecule has 0 aliphatic heterocycles. The summed E-state index contributed by atoms with van der Waals surface area (Å²) < 4.78 is 200. The molecule has 218 valence electrons. The molecule has 0 atom stereocenters. The number of para-hydroxylation sites is 1. The van der Waals surface area contributed by atoms with Crippen molar-refractivity contribution < 1.29 is 70.7 Å². The van der Waals surface area contributed by atoms with E-state index in [1.807, 2.05) is 0 Å². The number of amides is 1. The fraction of sp³-hybridized carbons (Fsp3) is 0.400. The summed E-state index contributed by atoms with van der Waals surface area (Å²) in [5.74, 6) is -43.4. The van der Waals surface area contributed by atoms with Crippen LogP contribution in [-0.4, -0.2) is 52.7 Å². The van der Waals surface area contributed by atoms with Crippen LogP contribution in [0.5, 0.6) is 0 Å². The highest BCUT2D eigenvalue weighted by Crippen LogP contribution is 2.62. The molecule has 1 amide bonds. The lowest BCUT2D eigenvalue weighted by atomic mass is 9.93. The molecular formula is C20H12F15N3O. The lowest BCUT2D eigenvalue weighted by Gasteiger charge is -2.41. The van der Waals surface area contributed by atoms with E-state index in [9.17, 15) is 70.7 Å². The van der Waals surface area contributed by atoms with Crippen molar-refractivity contribution in [1.29, 1.82) is 0 Å². The number of nitrogens with one attached hydrogen (secondary N) is 2. The number of benzene rings is 1. The minimum absolute atomic E-state index is 0.0902. The predicted molar refractivity (Wildman–Crippen MR) is 101 cm³/mol. The summed E-state index contributed by atoms with van der Waals surface area (Å²) in [6, 6.07) is -0.353. The Labute approximate surface area is 207 Å². The Kier molecular flexibility index (Phi) is 8.12. The van der Waals surface area contributed by atoms with Gasteiger partial charge >= 0.3 is 41.8 Å². The highest BCUT2D eigenvalue weighted by atomic mass is 19.4. The number of halogens is 15. The van der Waals surface area contributed by atoms with Gasteiger partial charge in [0, 0.05) is 24.6 Å². The van der Waals surface area contributed by atoms with Crippen LogP contribution in [0.1, 0.15) is 15.9 Å². The Bertz CT molecular complexity index is 1170. The Hall–Kier alpha value is -3.41. The molecule has 1 aromatic carbocycles. The van der Waals surface area contributed by atoms with E-state index in [1.54, 1.807) is 0 Å². The van der Waals surface area contributed by atoms with E-state index in [0.29, 0.717) is 11.6 Å². The van der Waals surface area contributed by atoms with Crippen molar-refractivity contribution >= 4 is 11.6 Å². The van der Waals surface area contributed by atoms with Crippen LogP contribution in [0, 0.1) is 0 Å². The summed E-state index contributed by atoms with van der Waals surface area (Å²) in [6.07, 6.45) is -5.08. The number of hydrogen-bond acceptors (Lipinski definition) is 3. The molecule has 0 unspecified atom stereocenters. The van der Waals surface area contributed by atoms with Crippen molar-refractivity contribution in [3.05, 3.63) is 59.9 Å². The molecule has 0 saturated heterocycles. The van der Waals surface area contributed by atoms with Crippen LogP contribution < -0.4 is 10.6 Å². The molecule has 19 heteroatoms. The SMILES string of the molecule is O=C(NC(F)(F)C(F)(F)C(F)(F)C(F)(F)C(F)(F)C(F)(F)C(F)(F)F)c1ccccc1NCc1ccncc1. The molecule has 4 nitrogen and oxygen atoms in total. The van der Waals surface area contributed by atoms with Crippen LogP contribution in [0.15, 0.2) is 48.8 Å². The van der Waals surface area contributed by atoms with Gasteiger partial charge in [-0.3, -0.25) is 15.1 Å². The van der Waals surface area contributed by atoms with E-state index in [2.05, 4.69) is 10.3 Å². The normalized spacial score (nSPS) is 14.2. The van der Waals surface area contributed by atoms with E-state index in [0.717, 1.165) is 18.2 Å². The third-order valence-electron chi connectivity index (χ3n) is 5.00. The summed E-state index contributed by atoms with van der Waals surface area (Å²) in [4.78, 5) is 15.9. The number of aromatic nitrogens is 1. The number of pyridine rings is 1. The number of anilines is 1. The topological polar surface area (TPSA) is 54.0 Å². The van der Waals surface area contributed by atoms with Crippen LogP contribution in [0.25, 0.3) is 0 Å². The summed E-state index contributed by atoms with van der Waals surface area (Å²) in [5, 5.41) is 2.37. The van der Waals surface area contributed by atoms with Crippen LogP contribution in [0.3, 0.4) is 0 Å². The van der Waals surface area contributed by atoms with Crippen molar-refractivity contribution in [3.8, 4) is 0 Å². The molecule has 0 aliphatic carbocycles. The highest BCUT2D eigenvalue weighted by molar-refractivity contribution is 5.99. The van der Waals surface area contributed by atoms with Gasteiger partial charge in [0.25, 0.3) is 5.91 Å². The first kappa shape index (κ1) is 31.8. The van der Waals surface area contributed by atoms with Crippen LogP contribution in [0.4, 0.5) is 71.5 Å². The average molecular weight is 595 g/mol. The number of carbonyl (C=O) groups excluding carboxylic acids is 1. The second-order valence-corrected chi connectivity index (χ2v) is 7.65. The van der Waals surface area contributed by atoms with Crippen molar-refractivity contribution in [2.24, 2.45) is 0 Å². The number of nitrogens with zero attached hydrogens (tertiary/aromatic N) is 1. The minimum atomic E-state index is -8.44. The minimum Gasteiger partial charge on any atom is -0.380 e.